The minimum Gasteiger partial charge on any atom is -0.322 e. The summed E-state index contributed by atoms with van der Waals surface area (Å²) in [5.41, 5.74) is 0.386. The molecule has 9 nitrogen and oxygen atoms in total. The third-order valence-electron chi connectivity index (χ3n) is 4.27. The Balaban J connectivity index is 1.79. The molecule has 1 aliphatic rings. The summed E-state index contributed by atoms with van der Waals surface area (Å²) in [6, 6.07) is 11.4. The predicted octanol–water partition coefficient (Wildman–Crippen LogP) is 1.71. The number of hydrogen-bond donors (Lipinski definition) is 3. The lowest BCUT2D eigenvalue weighted by Crippen LogP contribution is -2.29. The number of amidine groups is 1. The topological polar surface area (TPSA) is 134 Å². The molecule has 0 saturated carbocycles. The zero-order valence-electron chi connectivity index (χ0n) is 16.3. The second-order valence-corrected chi connectivity index (χ2v) is 10.00. The van der Waals surface area contributed by atoms with Crippen molar-refractivity contribution >= 4 is 37.5 Å². The average molecular weight is 451 g/mol. The van der Waals surface area contributed by atoms with Gasteiger partial charge in [0.05, 0.1) is 9.79 Å². The monoisotopic (exact) mass is 450 g/mol. The fourth-order valence-electron chi connectivity index (χ4n) is 2.86. The van der Waals surface area contributed by atoms with E-state index in [1.165, 1.54) is 42.5 Å². The molecule has 0 fully saturated rings. The highest BCUT2D eigenvalue weighted by Gasteiger charge is 2.19. The molecule has 0 unspecified atom stereocenters. The number of carbonyl (C=O) groups excluding carboxylic acids is 1. The van der Waals surface area contributed by atoms with Crippen LogP contribution in [-0.2, 0) is 20.0 Å². The van der Waals surface area contributed by atoms with E-state index in [-0.39, 0.29) is 27.6 Å². The first kappa shape index (κ1) is 21.9. The molecule has 0 aliphatic carbocycles. The first-order chi connectivity index (χ1) is 14.2. The lowest BCUT2D eigenvalue weighted by Gasteiger charge is -2.11. The molecule has 0 saturated heterocycles. The third-order valence-corrected chi connectivity index (χ3v) is 7.19. The van der Waals surface area contributed by atoms with Crippen molar-refractivity contribution in [3.8, 4) is 0 Å². The third kappa shape index (κ3) is 5.23. The van der Waals surface area contributed by atoms with Crippen LogP contribution in [0, 0.1) is 0 Å². The van der Waals surface area contributed by atoms with Gasteiger partial charge in [0.25, 0.3) is 15.9 Å². The van der Waals surface area contributed by atoms with Crippen LogP contribution in [0.2, 0.25) is 0 Å². The Morgan fingerprint density at radius 2 is 1.70 bits per heavy atom. The van der Waals surface area contributed by atoms with Gasteiger partial charge >= 0.3 is 0 Å². The molecule has 3 N–H and O–H groups in total. The van der Waals surface area contributed by atoms with E-state index in [2.05, 4.69) is 19.8 Å². The Bertz CT molecular complexity index is 1190. The molecule has 1 heterocycles. The van der Waals surface area contributed by atoms with E-state index >= 15 is 0 Å². The van der Waals surface area contributed by atoms with Crippen LogP contribution in [0.3, 0.4) is 0 Å². The first-order valence-electron chi connectivity index (χ1n) is 9.28. The van der Waals surface area contributed by atoms with Crippen molar-refractivity contribution in [2.24, 2.45) is 4.99 Å². The molecule has 1 amide bonds. The number of hydrogen-bond acceptors (Lipinski definition) is 6. The van der Waals surface area contributed by atoms with Crippen molar-refractivity contribution in [3.63, 3.8) is 0 Å². The molecular weight excluding hydrogens is 428 g/mol. The number of rotatable bonds is 7. The van der Waals surface area contributed by atoms with Crippen molar-refractivity contribution in [3.05, 3.63) is 54.1 Å². The van der Waals surface area contributed by atoms with E-state index in [0.29, 0.717) is 18.8 Å². The fraction of sp³-hybridized carbons (Fsp3) is 0.263. The molecule has 3 rings (SSSR count). The van der Waals surface area contributed by atoms with Gasteiger partial charge in [0.2, 0.25) is 10.0 Å². The van der Waals surface area contributed by atoms with Crippen LogP contribution < -0.4 is 14.8 Å². The van der Waals surface area contributed by atoms with Gasteiger partial charge < -0.3 is 5.32 Å². The number of nitrogens with zero attached hydrogens (tertiary/aromatic N) is 1. The normalized spacial score (nSPS) is 14.2. The smallest absolute Gasteiger partial charge is 0.262 e. The van der Waals surface area contributed by atoms with Gasteiger partial charge in [-0.15, -0.1) is 0 Å². The van der Waals surface area contributed by atoms with Gasteiger partial charge in [0.15, 0.2) is 0 Å². The number of benzene rings is 2. The summed E-state index contributed by atoms with van der Waals surface area (Å²) in [6.45, 7) is 2.47. The molecule has 2 aromatic rings. The number of sulfonamides is 2. The van der Waals surface area contributed by atoms with E-state index in [1.807, 2.05) is 0 Å². The molecule has 0 spiro atoms. The lowest BCUT2D eigenvalue weighted by atomic mass is 10.2. The Hall–Kier alpha value is -2.76. The summed E-state index contributed by atoms with van der Waals surface area (Å²) in [4.78, 5) is 16.6. The van der Waals surface area contributed by atoms with Gasteiger partial charge in [0, 0.05) is 30.8 Å². The predicted molar refractivity (Wildman–Crippen MR) is 114 cm³/mol. The summed E-state index contributed by atoms with van der Waals surface area (Å²) in [5.74, 6) is -0.144. The van der Waals surface area contributed by atoms with E-state index in [4.69, 9.17) is 0 Å². The summed E-state index contributed by atoms with van der Waals surface area (Å²) in [6.07, 6.45) is 1.37. The summed E-state index contributed by atoms with van der Waals surface area (Å²) < 4.78 is 54.2. The molecule has 1 aliphatic heterocycles. The second kappa shape index (κ2) is 8.94. The second-order valence-electron chi connectivity index (χ2n) is 6.55. The Kier molecular flexibility index (Phi) is 6.54. The van der Waals surface area contributed by atoms with Crippen LogP contribution in [0.25, 0.3) is 0 Å². The molecule has 0 aromatic heterocycles. The minimum atomic E-state index is -3.82. The van der Waals surface area contributed by atoms with Crippen molar-refractivity contribution in [2.45, 2.75) is 29.6 Å². The van der Waals surface area contributed by atoms with E-state index < -0.39 is 26.0 Å². The summed E-state index contributed by atoms with van der Waals surface area (Å²) >= 11 is 0. The van der Waals surface area contributed by atoms with Crippen LogP contribution >= 0.6 is 0 Å². The number of amides is 1. The highest BCUT2D eigenvalue weighted by atomic mass is 32.2. The molecule has 11 heteroatoms. The van der Waals surface area contributed by atoms with Crippen LogP contribution in [-0.4, -0.2) is 41.7 Å². The average Bonchev–Trinajstić information content (AvgIpc) is 3.20. The number of carbonyl (C=O) groups is 1. The number of nitrogens with one attached hydrogen (secondary N) is 3. The Morgan fingerprint density at radius 1 is 1.00 bits per heavy atom. The summed E-state index contributed by atoms with van der Waals surface area (Å²) in [7, 11) is -7.52. The molecular formula is C19H22N4O5S2. The highest BCUT2D eigenvalue weighted by Crippen LogP contribution is 2.18. The largest absolute Gasteiger partial charge is 0.322 e. The van der Waals surface area contributed by atoms with Crippen molar-refractivity contribution in [2.75, 3.05) is 18.4 Å². The maximum absolute atomic E-state index is 12.6. The first-order valence-corrected chi connectivity index (χ1v) is 12.3. The lowest BCUT2D eigenvalue weighted by molar-refractivity contribution is 0.102. The van der Waals surface area contributed by atoms with Gasteiger partial charge in [-0.05, 0) is 42.8 Å². The zero-order chi connectivity index (χ0) is 21.8. The van der Waals surface area contributed by atoms with Crippen LogP contribution in [0.15, 0.2) is 63.3 Å². The SMILES string of the molecule is CCNS(=O)(=O)c1cccc(C(=O)Nc2cccc(S(=O)(=O)NC3=NCCC3)c2)c1. The quantitative estimate of drug-likeness (QED) is 0.590. The van der Waals surface area contributed by atoms with Gasteiger partial charge in [-0.25, -0.2) is 21.6 Å². The zero-order valence-corrected chi connectivity index (χ0v) is 17.9. The van der Waals surface area contributed by atoms with E-state index in [1.54, 1.807) is 13.0 Å². The van der Waals surface area contributed by atoms with E-state index in [0.717, 1.165) is 6.42 Å². The van der Waals surface area contributed by atoms with Gasteiger partial charge in [0.1, 0.15) is 5.84 Å². The van der Waals surface area contributed by atoms with Gasteiger partial charge in [-0.1, -0.05) is 19.1 Å². The standard InChI is InChI=1S/C19H22N4O5S2/c1-2-21-29(25,26)16-8-3-6-14(12-16)19(24)22-15-7-4-9-17(13-15)30(27,28)23-18-10-5-11-20-18/h3-4,6-9,12-13,21H,2,5,10-11H2,1H3,(H,20,23)(H,22,24). The van der Waals surface area contributed by atoms with Gasteiger partial charge in [-0.3, -0.25) is 14.5 Å². The number of anilines is 1. The van der Waals surface area contributed by atoms with Crippen molar-refractivity contribution in [1.29, 1.82) is 0 Å². The minimum absolute atomic E-state index is 0.0154. The van der Waals surface area contributed by atoms with Crippen molar-refractivity contribution < 1.29 is 21.6 Å². The van der Waals surface area contributed by atoms with E-state index in [9.17, 15) is 21.6 Å². The highest BCUT2D eigenvalue weighted by molar-refractivity contribution is 7.90. The van der Waals surface area contributed by atoms with Crippen LogP contribution in [0.1, 0.15) is 30.1 Å². The summed E-state index contributed by atoms with van der Waals surface area (Å²) in [5, 5.41) is 2.60. The van der Waals surface area contributed by atoms with Crippen LogP contribution in [0.4, 0.5) is 5.69 Å². The molecule has 160 valence electrons. The Morgan fingerprint density at radius 3 is 2.37 bits per heavy atom. The molecule has 0 atom stereocenters. The molecule has 0 radical (unpaired) electrons. The molecule has 30 heavy (non-hydrogen) atoms. The number of aliphatic imine (C=N–C) groups is 1. The maximum Gasteiger partial charge on any atom is 0.262 e. The van der Waals surface area contributed by atoms with Crippen LogP contribution in [0.5, 0.6) is 0 Å². The fourth-order valence-corrected chi connectivity index (χ4v) is 5.08. The van der Waals surface area contributed by atoms with Crippen molar-refractivity contribution in [1.82, 2.24) is 9.44 Å². The molecule has 2 aromatic carbocycles. The molecule has 0 bridgehead atoms. The van der Waals surface area contributed by atoms with Gasteiger partial charge in [-0.2, -0.15) is 0 Å². The Labute approximate surface area is 175 Å². The maximum atomic E-state index is 12.6.